The van der Waals surface area contributed by atoms with Crippen molar-refractivity contribution in [2.45, 2.75) is 63.3 Å². The Balaban J connectivity index is 2.26. The van der Waals surface area contributed by atoms with E-state index in [4.69, 9.17) is 0 Å². The van der Waals surface area contributed by atoms with E-state index in [0.717, 1.165) is 15.6 Å². The molecule has 0 fully saturated rings. The first-order valence-electron chi connectivity index (χ1n) is 11.1. The van der Waals surface area contributed by atoms with Gasteiger partial charge in [0.2, 0.25) is 0 Å². The lowest BCUT2D eigenvalue weighted by Gasteiger charge is -2.38. The molecule has 7 heteroatoms. The number of hydrogen-bond acceptors (Lipinski definition) is 3. The number of amides is 1. The van der Waals surface area contributed by atoms with Gasteiger partial charge in [-0.25, -0.2) is 4.79 Å². The molecule has 2 rings (SSSR count). The number of benzene rings is 2. The molecule has 2 aromatic rings. The van der Waals surface area contributed by atoms with Crippen LogP contribution in [0.2, 0.25) is 0 Å². The normalized spacial score (nSPS) is 15.3. The molecule has 2 aromatic carbocycles. The number of halogens is 1. The summed E-state index contributed by atoms with van der Waals surface area (Å²) >= 11 is 2.12. The predicted molar refractivity (Wildman–Crippen MR) is 140 cm³/mol. The lowest BCUT2D eigenvalue weighted by Crippen LogP contribution is -2.51. The fraction of sp³-hybridized carbons (Fsp3) is 0.423. The number of carboxylic acid groups (broad SMARTS) is 1. The second-order valence-electron chi connectivity index (χ2n) is 9.23. The van der Waals surface area contributed by atoms with Gasteiger partial charge in [0.25, 0.3) is 0 Å². The molecule has 3 atom stereocenters. The molecule has 0 radical (unpaired) electrons. The van der Waals surface area contributed by atoms with Crippen LogP contribution >= 0.6 is 15.9 Å². The van der Waals surface area contributed by atoms with Crippen LogP contribution in [0.1, 0.15) is 64.1 Å². The van der Waals surface area contributed by atoms with Crippen molar-refractivity contribution in [3.8, 4) is 0 Å². The van der Waals surface area contributed by atoms with Crippen LogP contribution in [0.15, 0.2) is 71.7 Å². The van der Waals surface area contributed by atoms with Gasteiger partial charge in [0.05, 0.1) is 11.6 Å². The van der Waals surface area contributed by atoms with Crippen molar-refractivity contribution in [2.75, 3.05) is 6.54 Å². The van der Waals surface area contributed by atoms with E-state index in [2.05, 4.69) is 27.2 Å². The lowest BCUT2D eigenvalue weighted by atomic mass is 9.83. The van der Waals surface area contributed by atoms with Crippen LogP contribution < -0.4 is 4.72 Å². The van der Waals surface area contributed by atoms with E-state index in [1.165, 1.54) is 4.90 Å². The van der Waals surface area contributed by atoms with Gasteiger partial charge in [-0.15, -0.1) is 11.3 Å². The highest BCUT2D eigenvalue weighted by molar-refractivity contribution is 9.10. The lowest BCUT2D eigenvalue weighted by molar-refractivity contribution is 0.125. The summed E-state index contributed by atoms with van der Waals surface area (Å²) in [6, 6.07) is 17.4. The smallest absolute Gasteiger partial charge is 0.407 e. The highest BCUT2D eigenvalue weighted by Crippen LogP contribution is 2.34. The maximum absolute atomic E-state index is 13.1. The summed E-state index contributed by atoms with van der Waals surface area (Å²) in [6.45, 7) is 12.0. The maximum Gasteiger partial charge on any atom is 0.407 e. The average molecular weight is 536 g/mol. The van der Waals surface area contributed by atoms with Crippen molar-refractivity contribution in [3.63, 3.8) is 0 Å². The minimum Gasteiger partial charge on any atom is -0.598 e. The van der Waals surface area contributed by atoms with Crippen molar-refractivity contribution in [2.24, 2.45) is 0 Å². The molecular weight excluding hydrogens is 500 g/mol. The highest BCUT2D eigenvalue weighted by Gasteiger charge is 2.39. The van der Waals surface area contributed by atoms with Crippen molar-refractivity contribution in [3.05, 3.63) is 82.9 Å². The van der Waals surface area contributed by atoms with E-state index in [0.29, 0.717) is 25.8 Å². The molecule has 180 valence electrons. The van der Waals surface area contributed by atoms with Gasteiger partial charge >= 0.3 is 6.09 Å². The summed E-state index contributed by atoms with van der Waals surface area (Å²) < 4.78 is 17.0. The largest absolute Gasteiger partial charge is 0.598 e. The van der Waals surface area contributed by atoms with Gasteiger partial charge < -0.3 is 14.6 Å². The SMILES string of the molecule is C=CC[C@](CCCN(C(=O)O)C(C)c1ccc(Br)cc1)(N[S+]([O-])C(C)(C)C)c1ccccc1. The molecule has 5 nitrogen and oxygen atoms in total. The minimum atomic E-state index is -1.30. The van der Waals surface area contributed by atoms with Crippen LogP contribution in [-0.2, 0) is 16.9 Å². The topological polar surface area (TPSA) is 75.6 Å². The quantitative estimate of drug-likeness (QED) is 0.245. The monoisotopic (exact) mass is 534 g/mol. The van der Waals surface area contributed by atoms with E-state index in [-0.39, 0.29) is 6.04 Å². The van der Waals surface area contributed by atoms with Gasteiger partial charge in [-0.2, -0.15) is 0 Å². The Labute approximate surface area is 209 Å². The first-order valence-corrected chi connectivity index (χ1v) is 13.1. The van der Waals surface area contributed by atoms with Crippen LogP contribution in [-0.4, -0.2) is 31.9 Å². The molecule has 33 heavy (non-hydrogen) atoms. The summed E-state index contributed by atoms with van der Waals surface area (Å²) in [5.41, 5.74) is 1.35. The highest BCUT2D eigenvalue weighted by atomic mass is 79.9. The van der Waals surface area contributed by atoms with Crippen LogP contribution in [0.25, 0.3) is 0 Å². The van der Waals surface area contributed by atoms with Crippen molar-refractivity contribution >= 4 is 33.4 Å². The van der Waals surface area contributed by atoms with Crippen molar-refractivity contribution in [1.29, 1.82) is 0 Å². The van der Waals surface area contributed by atoms with Crippen molar-refractivity contribution < 1.29 is 14.5 Å². The Bertz CT molecular complexity index is 902. The van der Waals surface area contributed by atoms with Crippen LogP contribution in [0.3, 0.4) is 0 Å². The van der Waals surface area contributed by atoms with Gasteiger partial charge in [-0.3, -0.25) is 0 Å². The minimum absolute atomic E-state index is 0.280. The summed E-state index contributed by atoms with van der Waals surface area (Å²) in [6.07, 6.45) is 2.67. The van der Waals surface area contributed by atoms with Gasteiger partial charge in [-0.1, -0.05) is 64.5 Å². The molecule has 0 saturated heterocycles. The molecule has 2 N–H and O–H groups in total. The van der Waals surface area contributed by atoms with E-state index >= 15 is 0 Å². The van der Waals surface area contributed by atoms with Crippen LogP contribution in [0.4, 0.5) is 4.79 Å². The summed E-state index contributed by atoms with van der Waals surface area (Å²) in [7, 11) is 0. The Hall–Kier alpha value is -1.80. The zero-order valence-corrected chi connectivity index (χ0v) is 22.3. The van der Waals surface area contributed by atoms with Gasteiger partial charge in [0.1, 0.15) is 4.75 Å². The summed E-state index contributed by atoms with van der Waals surface area (Å²) in [4.78, 5) is 13.5. The fourth-order valence-electron chi connectivity index (χ4n) is 3.78. The number of nitrogens with zero attached hydrogens (tertiary/aromatic N) is 1. The molecular formula is C26H35BrN2O3S. The number of rotatable bonds is 11. The average Bonchev–Trinajstić information content (AvgIpc) is 2.76. The molecule has 0 spiro atoms. The maximum atomic E-state index is 13.1. The second-order valence-corrected chi connectivity index (χ2v) is 12.1. The Morgan fingerprint density at radius 3 is 2.33 bits per heavy atom. The first-order chi connectivity index (χ1) is 15.5. The Morgan fingerprint density at radius 1 is 1.21 bits per heavy atom. The van der Waals surface area contributed by atoms with E-state index < -0.39 is 27.7 Å². The molecule has 0 aromatic heterocycles. The standard InChI is InChI=1S/C26H35BrN2O3S/c1-6-17-26(22-11-8-7-9-12-22,28-33(32)25(3,4)5)18-10-19-29(24(30)31)20(2)21-13-15-23(27)16-14-21/h6-9,11-16,20,28H,1,10,17-19H2,2-5H3,(H,30,31)/t20?,26-,33?/m1/s1. The van der Waals surface area contributed by atoms with Crippen molar-refractivity contribution in [1.82, 2.24) is 9.62 Å². The number of hydrogen-bond donors (Lipinski definition) is 2. The Morgan fingerprint density at radius 2 is 1.82 bits per heavy atom. The second kappa shape index (κ2) is 12.1. The van der Waals surface area contributed by atoms with E-state index in [1.807, 2.05) is 88.4 Å². The number of carbonyl (C=O) groups is 1. The first kappa shape index (κ1) is 27.4. The number of nitrogens with one attached hydrogen (secondary N) is 1. The zero-order valence-electron chi connectivity index (χ0n) is 19.9. The third-order valence-electron chi connectivity index (χ3n) is 5.73. The predicted octanol–water partition coefficient (Wildman–Crippen LogP) is 6.79. The summed E-state index contributed by atoms with van der Waals surface area (Å²) in [5.74, 6) is 0. The molecule has 2 unspecified atom stereocenters. The van der Waals surface area contributed by atoms with E-state index in [1.54, 1.807) is 0 Å². The third-order valence-corrected chi connectivity index (χ3v) is 7.95. The van der Waals surface area contributed by atoms with Gasteiger partial charge in [0, 0.05) is 22.4 Å². The third kappa shape index (κ3) is 7.60. The molecule has 1 amide bonds. The fourth-order valence-corrected chi connectivity index (χ4v) is 5.01. The Kier molecular flexibility index (Phi) is 10.0. The van der Waals surface area contributed by atoms with Crippen LogP contribution in [0, 0.1) is 0 Å². The van der Waals surface area contributed by atoms with Gasteiger partial charge in [-0.05, 0) is 70.2 Å². The van der Waals surface area contributed by atoms with Crippen LogP contribution in [0.5, 0.6) is 0 Å². The molecule has 0 aliphatic carbocycles. The molecule has 0 saturated carbocycles. The van der Waals surface area contributed by atoms with E-state index in [9.17, 15) is 14.5 Å². The van der Waals surface area contributed by atoms with Gasteiger partial charge in [0.15, 0.2) is 0 Å². The zero-order chi connectivity index (χ0) is 24.6. The molecule has 0 aliphatic rings. The summed E-state index contributed by atoms with van der Waals surface area (Å²) in [5, 5.41) is 9.90. The molecule has 0 heterocycles. The molecule has 0 aliphatic heterocycles. The molecule has 0 bridgehead atoms.